The van der Waals surface area contributed by atoms with E-state index in [9.17, 15) is 23.1 Å². The summed E-state index contributed by atoms with van der Waals surface area (Å²) in [6, 6.07) is 10.8. The number of ether oxygens (including phenoxy) is 1. The molecule has 0 fully saturated rings. The van der Waals surface area contributed by atoms with Crippen LogP contribution in [0, 0.1) is 0 Å². The zero-order valence-corrected chi connectivity index (χ0v) is 18.6. The number of aliphatic carboxylic acids is 1. The number of carbonyl (C=O) groups is 2. The average Bonchev–Trinajstić information content (AvgIpc) is 2.74. The number of sulfonamides is 1. The summed E-state index contributed by atoms with van der Waals surface area (Å²) >= 11 is 0. The number of benzene rings is 2. The Morgan fingerprint density at radius 3 is 2.28 bits per heavy atom. The number of nitrogens with one attached hydrogen (secondary N) is 1. The molecule has 0 aliphatic carbocycles. The van der Waals surface area contributed by atoms with Gasteiger partial charge in [0.05, 0.1) is 11.5 Å². The van der Waals surface area contributed by atoms with E-state index in [1.807, 2.05) is 6.92 Å². The van der Waals surface area contributed by atoms with Crippen LogP contribution in [0.1, 0.15) is 32.4 Å². The first kappa shape index (κ1) is 23.5. The van der Waals surface area contributed by atoms with Gasteiger partial charge >= 0.3 is 5.97 Å². The van der Waals surface area contributed by atoms with Gasteiger partial charge in [-0.25, -0.2) is 8.42 Å². The number of rotatable bonds is 7. The molecule has 0 saturated heterocycles. The molecule has 0 bridgehead atoms. The van der Waals surface area contributed by atoms with Crippen LogP contribution in [0.25, 0.3) is 0 Å². The Kier molecular flexibility index (Phi) is 6.97. The standard InChI is InChI=1S/C22H24N2O7S/c1-4-30-18-9-5-16(6-10-18)21-14(2)13-20(22(26)27)24(31-21)32(28,29)19-11-7-17(8-12-19)23-15(3)25/h5-13,20-21H,4H2,1-3H3,(H,23,25)(H,26,27). The number of amides is 1. The number of carboxylic acid groups (broad SMARTS) is 1. The van der Waals surface area contributed by atoms with Crippen molar-refractivity contribution in [1.82, 2.24) is 4.47 Å². The zero-order valence-electron chi connectivity index (χ0n) is 17.8. The minimum absolute atomic E-state index is 0.170. The zero-order chi connectivity index (χ0) is 23.5. The summed E-state index contributed by atoms with van der Waals surface area (Å²) in [5.41, 5.74) is 1.62. The number of carbonyl (C=O) groups excluding carboxylic acids is 1. The van der Waals surface area contributed by atoms with Crippen LogP contribution in [0.2, 0.25) is 0 Å². The maximum atomic E-state index is 13.3. The van der Waals surface area contributed by atoms with E-state index in [0.717, 1.165) is 0 Å². The lowest BCUT2D eigenvalue weighted by molar-refractivity contribution is -0.172. The van der Waals surface area contributed by atoms with Gasteiger partial charge in [0.15, 0.2) is 6.04 Å². The summed E-state index contributed by atoms with van der Waals surface area (Å²) < 4.78 is 32.5. The van der Waals surface area contributed by atoms with Gasteiger partial charge in [-0.3, -0.25) is 14.4 Å². The largest absolute Gasteiger partial charge is 0.494 e. The monoisotopic (exact) mass is 460 g/mol. The van der Waals surface area contributed by atoms with Crippen molar-refractivity contribution in [2.75, 3.05) is 11.9 Å². The first-order valence-electron chi connectivity index (χ1n) is 9.86. The Morgan fingerprint density at radius 2 is 1.75 bits per heavy atom. The molecule has 0 radical (unpaired) electrons. The van der Waals surface area contributed by atoms with E-state index < -0.39 is 28.1 Å². The Morgan fingerprint density at radius 1 is 1.12 bits per heavy atom. The van der Waals surface area contributed by atoms with Crippen molar-refractivity contribution in [2.24, 2.45) is 0 Å². The van der Waals surface area contributed by atoms with Crippen molar-refractivity contribution < 1.29 is 32.7 Å². The second-order valence-electron chi connectivity index (χ2n) is 7.15. The van der Waals surface area contributed by atoms with Crippen LogP contribution in [-0.2, 0) is 24.4 Å². The SMILES string of the molecule is CCOc1ccc(C2ON(S(=O)(=O)c3ccc(NC(C)=O)cc3)C(C(=O)O)C=C2C)cc1. The van der Waals surface area contributed by atoms with Crippen LogP contribution in [0.5, 0.6) is 5.75 Å². The molecule has 2 unspecified atom stereocenters. The van der Waals surface area contributed by atoms with Gasteiger partial charge in [0.1, 0.15) is 11.9 Å². The molecule has 2 aromatic rings. The van der Waals surface area contributed by atoms with Crippen LogP contribution < -0.4 is 10.1 Å². The molecular weight excluding hydrogens is 436 g/mol. The van der Waals surface area contributed by atoms with E-state index in [0.29, 0.717) is 33.6 Å². The van der Waals surface area contributed by atoms with Gasteiger partial charge in [0.25, 0.3) is 10.0 Å². The van der Waals surface area contributed by atoms with Crippen molar-refractivity contribution in [2.45, 2.75) is 37.8 Å². The molecule has 32 heavy (non-hydrogen) atoms. The predicted molar refractivity (Wildman–Crippen MR) is 116 cm³/mol. The van der Waals surface area contributed by atoms with Gasteiger partial charge < -0.3 is 15.2 Å². The fourth-order valence-electron chi connectivity index (χ4n) is 3.26. The second kappa shape index (κ2) is 9.51. The highest BCUT2D eigenvalue weighted by atomic mass is 32.2. The van der Waals surface area contributed by atoms with Crippen molar-refractivity contribution in [1.29, 1.82) is 0 Å². The maximum absolute atomic E-state index is 13.3. The Bertz CT molecular complexity index is 1130. The number of hydrogen-bond acceptors (Lipinski definition) is 6. The molecule has 9 nitrogen and oxygen atoms in total. The average molecular weight is 461 g/mol. The minimum atomic E-state index is -4.33. The Balaban J connectivity index is 1.95. The number of hydrogen-bond donors (Lipinski definition) is 2. The van der Waals surface area contributed by atoms with Gasteiger partial charge in [-0.05, 0) is 61.4 Å². The fourth-order valence-corrected chi connectivity index (χ4v) is 4.60. The summed E-state index contributed by atoms with van der Waals surface area (Å²) in [5.74, 6) is -1.02. The molecule has 3 rings (SSSR count). The third kappa shape index (κ3) is 4.98. The van der Waals surface area contributed by atoms with Crippen LogP contribution in [0.4, 0.5) is 5.69 Å². The Hall–Kier alpha value is -3.21. The van der Waals surface area contributed by atoms with E-state index in [2.05, 4.69) is 5.32 Å². The molecule has 170 valence electrons. The van der Waals surface area contributed by atoms with Crippen molar-refractivity contribution in [3.05, 3.63) is 65.7 Å². The predicted octanol–water partition coefficient (Wildman–Crippen LogP) is 3.12. The topological polar surface area (TPSA) is 122 Å². The van der Waals surface area contributed by atoms with Crippen LogP contribution in [0.15, 0.2) is 65.1 Å². The first-order valence-corrected chi connectivity index (χ1v) is 11.3. The normalized spacial score (nSPS) is 19.2. The summed E-state index contributed by atoms with van der Waals surface area (Å²) in [5, 5.41) is 12.2. The highest BCUT2D eigenvalue weighted by Crippen LogP contribution is 2.36. The van der Waals surface area contributed by atoms with E-state index in [1.165, 1.54) is 37.3 Å². The van der Waals surface area contributed by atoms with Crippen molar-refractivity contribution in [3.8, 4) is 5.75 Å². The van der Waals surface area contributed by atoms with Gasteiger partial charge in [-0.1, -0.05) is 22.7 Å². The highest BCUT2D eigenvalue weighted by Gasteiger charge is 2.42. The number of hydroxylamine groups is 1. The molecular formula is C22H24N2O7S. The molecule has 1 heterocycles. The summed E-state index contributed by atoms with van der Waals surface area (Å²) in [7, 11) is -4.33. The molecule has 2 atom stereocenters. The summed E-state index contributed by atoms with van der Waals surface area (Å²) in [6.45, 7) is 5.39. The van der Waals surface area contributed by atoms with E-state index in [-0.39, 0.29) is 10.8 Å². The van der Waals surface area contributed by atoms with Gasteiger partial charge in [0.2, 0.25) is 5.91 Å². The third-order valence-corrected chi connectivity index (χ3v) is 6.38. The van der Waals surface area contributed by atoms with Crippen LogP contribution in [0.3, 0.4) is 0 Å². The quantitative estimate of drug-likeness (QED) is 0.609. The van der Waals surface area contributed by atoms with Crippen molar-refractivity contribution in [3.63, 3.8) is 0 Å². The molecule has 0 saturated carbocycles. The van der Waals surface area contributed by atoms with E-state index >= 15 is 0 Å². The molecule has 10 heteroatoms. The highest BCUT2D eigenvalue weighted by molar-refractivity contribution is 7.89. The lowest BCUT2D eigenvalue weighted by atomic mass is 10.00. The van der Waals surface area contributed by atoms with Crippen molar-refractivity contribution >= 4 is 27.6 Å². The second-order valence-corrected chi connectivity index (χ2v) is 8.93. The lowest BCUT2D eigenvalue weighted by Gasteiger charge is -2.34. The summed E-state index contributed by atoms with van der Waals surface area (Å²) in [4.78, 5) is 28.6. The molecule has 0 spiro atoms. The first-order chi connectivity index (χ1) is 15.1. The lowest BCUT2D eigenvalue weighted by Crippen LogP contribution is -2.47. The van der Waals surface area contributed by atoms with Gasteiger partial charge in [-0.15, -0.1) is 0 Å². The van der Waals surface area contributed by atoms with Crippen LogP contribution >= 0.6 is 0 Å². The molecule has 2 N–H and O–H groups in total. The van der Waals surface area contributed by atoms with Gasteiger partial charge in [0, 0.05) is 12.6 Å². The fraction of sp³-hybridized carbons (Fsp3) is 0.273. The molecule has 1 aliphatic heterocycles. The van der Waals surface area contributed by atoms with E-state index in [1.54, 1.807) is 31.2 Å². The van der Waals surface area contributed by atoms with Crippen LogP contribution in [-0.4, -0.2) is 42.5 Å². The van der Waals surface area contributed by atoms with Gasteiger partial charge in [-0.2, -0.15) is 0 Å². The molecule has 0 aromatic heterocycles. The minimum Gasteiger partial charge on any atom is -0.494 e. The van der Waals surface area contributed by atoms with E-state index in [4.69, 9.17) is 9.57 Å². The maximum Gasteiger partial charge on any atom is 0.328 e. The Labute approximate surface area is 186 Å². The molecule has 1 aliphatic rings. The number of carboxylic acids is 1. The smallest absolute Gasteiger partial charge is 0.328 e. The molecule has 1 amide bonds. The number of anilines is 1. The molecule has 2 aromatic carbocycles. The summed E-state index contributed by atoms with van der Waals surface area (Å²) in [6.07, 6.45) is 0.561. The third-order valence-electron chi connectivity index (χ3n) is 4.73. The number of nitrogens with zero attached hydrogens (tertiary/aromatic N) is 1.